The number of nitrogens with one attached hydrogen (secondary N) is 2. The van der Waals surface area contributed by atoms with Gasteiger partial charge in [0.2, 0.25) is 0 Å². The smallest absolute Gasteiger partial charge is 0.319 e. The highest BCUT2D eigenvalue weighted by Gasteiger charge is 2.26. The molecular weight excluding hydrogens is 366 g/mol. The van der Waals surface area contributed by atoms with E-state index in [0.717, 1.165) is 31.0 Å². The molecule has 0 spiro atoms. The van der Waals surface area contributed by atoms with Crippen molar-refractivity contribution in [2.45, 2.75) is 45.2 Å². The van der Waals surface area contributed by atoms with E-state index < -0.39 is 0 Å². The standard InChI is InChI=1S/C22H25N5O2/c1-15(2)20-25-21-18(12-8-14-27(21)26-20)24-22(28)23-17-11-6-7-13-19(17)29-16-9-4-3-5-10-16/h3-7,9-11,13,15,18H,8,12,14H2,1-2H3,(H2,23,24,28). The van der Waals surface area contributed by atoms with Crippen LogP contribution in [-0.4, -0.2) is 20.8 Å². The summed E-state index contributed by atoms with van der Waals surface area (Å²) in [5.41, 5.74) is 0.606. The monoisotopic (exact) mass is 391 g/mol. The molecule has 4 rings (SSSR count). The minimum atomic E-state index is -0.290. The number of amides is 2. The maximum Gasteiger partial charge on any atom is 0.319 e. The summed E-state index contributed by atoms with van der Waals surface area (Å²) in [5.74, 6) is 3.19. The van der Waals surface area contributed by atoms with Crippen molar-refractivity contribution in [1.82, 2.24) is 20.1 Å². The van der Waals surface area contributed by atoms with Crippen molar-refractivity contribution in [3.05, 3.63) is 66.2 Å². The van der Waals surface area contributed by atoms with Crippen LogP contribution >= 0.6 is 0 Å². The third-order valence-electron chi connectivity index (χ3n) is 4.82. The first kappa shape index (κ1) is 19.0. The Balaban J connectivity index is 1.46. The van der Waals surface area contributed by atoms with Gasteiger partial charge in [-0.2, -0.15) is 5.10 Å². The minimum absolute atomic E-state index is 0.161. The molecule has 29 heavy (non-hydrogen) atoms. The normalized spacial score (nSPS) is 15.6. The Kier molecular flexibility index (Phi) is 5.46. The van der Waals surface area contributed by atoms with Crippen LogP contribution < -0.4 is 15.4 Å². The predicted molar refractivity (Wildman–Crippen MR) is 111 cm³/mol. The summed E-state index contributed by atoms with van der Waals surface area (Å²) in [6.45, 7) is 4.98. The highest BCUT2D eigenvalue weighted by atomic mass is 16.5. The van der Waals surface area contributed by atoms with Crippen LogP contribution in [0.4, 0.5) is 10.5 Å². The topological polar surface area (TPSA) is 81.1 Å². The van der Waals surface area contributed by atoms with E-state index in [9.17, 15) is 4.79 Å². The number of nitrogens with zero attached hydrogens (tertiary/aromatic N) is 3. The molecule has 3 aromatic rings. The maximum absolute atomic E-state index is 12.7. The zero-order valence-corrected chi connectivity index (χ0v) is 16.6. The average Bonchev–Trinajstić information content (AvgIpc) is 3.16. The molecule has 7 heteroatoms. The van der Waals surface area contributed by atoms with Crippen molar-refractivity contribution in [2.75, 3.05) is 5.32 Å². The second-order valence-corrected chi connectivity index (χ2v) is 7.41. The Morgan fingerprint density at radius 1 is 1.14 bits per heavy atom. The molecule has 150 valence electrons. The molecule has 1 atom stereocenters. The highest BCUT2D eigenvalue weighted by Crippen LogP contribution is 2.30. The lowest BCUT2D eigenvalue weighted by molar-refractivity contribution is 0.244. The zero-order chi connectivity index (χ0) is 20.2. The van der Waals surface area contributed by atoms with Crippen molar-refractivity contribution in [1.29, 1.82) is 0 Å². The molecule has 0 radical (unpaired) electrons. The Morgan fingerprint density at radius 2 is 1.90 bits per heavy atom. The second-order valence-electron chi connectivity index (χ2n) is 7.41. The number of urea groups is 1. The summed E-state index contributed by atoms with van der Waals surface area (Å²) in [4.78, 5) is 17.4. The lowest BCUT2D eigenvalue weighted by Crippen LogP contribution is -2.36. The van der Waals surface area contributed by atoms with Gasteiger partial charge in [-0.05, 0) is 37.1 Å². The summed E-state index contributed by atoms with van der Waals surface area (Å²) in [6.07, 6.45) is 1.79. The summed E-state index contributed by atoms with van der Waals surface area (Å²) in [6, 6.07) is 16.4. The fourth-order valence-electron chi connectivity index (χ4n) is 3.34. The van der Waals surface area contributed by atoms with Crippen molar-refractivity contribution >= 4 is 11.7 Å². The van der Waals surface area contributed by atoms with Crippen LogP contribution in [0.25, 0.3) is 0 Å². The molecule has 0 fully saturated rings. The number of carbonyl (C=O) groups excluding carboxylic acids is 1. The number of ether oxygens (including phenoxy) is 1. The van der Waals surface area contributed by atoms with Gasteiger partial charge in [-0.15, -0.1) is 0 Å². The van der Waals surface area contributed by atoms with Gasteiger partial charge >= 0.3 is 6.03 Å². The SMILES string of the molecule is CC(C)c1nc2n(n1)CCCC2NC(=O)Nc1ccccc1Oc1ccccc1. The number of aryl methyl sites for hydroxylation is 1. The molecule has 1 aliphatic rings. The number of benzene rings is 2. The van der Waals surface area contributed by atoms with Gasteiger partial charge in [0.05, 0.1) is 11.7 Å². The Labute approximate surface area is 170 Å². The van der Waals surface area contributed by atoms with Crippen molar-refractivity contribution in [3.63, 3.8) is 0 Å². The van der Waals surface area contributed by atoms with Gasteiger partial charge in [0, 0.05) is 12.5 Å². The van der Waals surface area contributed by atoms with Gasteiger partial charge in [-0.25, -0.2) is 14.5 Å². The van der Waals surface area contributed by atoms with E-state index >= 15 is 0 Å². The number of fused-ring (bicyclic) bond motifs is 1. The number of hydrogen-bond donors (Lipinski definition) is 2. The molecule has 0 aliphatic carbocycles. The molecule has 0 saturated heterocycles. The van der Waals surface area contributed by atoms with E-state index in [1.165, 1.54) is 0 Å². The van der Waals surface area contributed by atoms with Gasteiger partial charge < -0.3 is 15.4 Å². The fourth-order valence-corrected chi connectivity index (χ4v) is 3.34. The number of hydrogen-bond acceptors (Lipinski definition) is 4. The van der Waals surface area contributed by atoms with E-state index in [4.69, 9.17) is 4.74 Å². The van der Waals surface area contributed by atoms with Crippen LogP contribution in [0.3, 0.4) is 0 Å². The van der Waals surface area contributed by atoms with Crippen LogP contribution in [-0.2, 0) is 6.54 Å². The molecule has 2 amide bonds. The number of rotatable bonds is 5. The van der Waals surface area contributed by atoms with Crippen molar-refractivity contribution < 1.29 is 9.53 Å². The summed E-state index contributed by atoms with van der Waals surface area (Å²) in [7, 11) is 0. The maximum atomic E-state index is 12.7. The van der Waals surface area contributed by atoms with Crippen LogP contribution in [0.2, 0.25) is 0 Å². The van der Waals surface area contributed by atoms with Crippen LogP contribution in [0.5, 0.6) is 11.5 Å². The van der Waals surface area contributed by atoms with Gasteiger partial charge in [0.15, 0.2) is 11.6 Å². The number of carbonyl (C=O) groups is 1. The highest BCUT2D eigenvalue weighted by molar-refractivity contribution is 5.91. The second kappa shape index (κ2) is 8.34. The molecule has 2 aromatic carbocycles. The summed E-state index contributed by atoms with van der Waals surface area (Å²) >= 11 is 0. The van der Waals surface area contributed by atoms with Gasteiger partial charge in [0.1, 0.15) is 11.6 Å². The third-order valence-corrected chi connectivity index (χ3v) is 4.82. The fraction of sp³-hybridized carbons (Fsp3) is 0.318. The quantitative estimate of drug-likeness (QED) is 0.651. The lowest BCUT2D eigenvalue weighted by Gasteiger charge is -2.23. The third kappa shape index (κ3) is 4.39. The van der Waals surface area contributed by atoms with E-state index in [1.54, 1.807) is 0 Å². The molecule has 7 nitrogen and oxygen atoms in total. The molecule has 1 aromatic heterocycles. The first-order chi connectivity index (χ1) is 14.1. The minimum Gasteiger partial charge on any atom is -0.455 e. The van der Waals surface area contributed by atoms with Crippen LogP contribution in [0, 0.1) is 0 Å². The number of aromatic nitrogens is 3. The first-order valence-electron chi connectivity index (χ1n) is 9.94. The Hall–Kier alpha value is -3.35. The Bertz CT molecular complexity index is 984. The van der Waals surface area contributed by atoms with Crippen LogP contribution in [0.1, 0.15) is 50.3 Å². The van der Waals surface area contributed by atoms with E-state index in [2.05, 4.69) is 34.6 Å². The summed E-state index contributed by atoms with van der Waals surface area (Å²) in [5, 5.41) is 10.5. The molecule has 0 saturated carbocycles. The molecule has 1 unspecified atom stereocenters. The molecule has 2 N–H and O–H groups in total. The van der Waals surface area contributed by atoms with Crippen molar-refractivity contribution in [3.8, 4) is 11.5 Å². The van der Waals surface area contributed by atoms with Gasteiger partial charge in [-0.1, -0.05) is 44.2 Å². The van der Waals surface area contributed by atoms with E-state index in [1.807, 2.05) is 59.3 Å². The average molecular weight is 391 g/mol. The largest absolute Gasteiger partial charge is 0.455 e. The molecule has 0 bridgehead atoms. The van der Waals surface area contributed by atoms with Crippen molar-refractivity contribution in [2.24, 2.45) is 0 Å². The zero-order valence-electron chi connectivity index (χ0n) is 16.6. The van der Waals surface area contributed by atoms with E-state index in [0.29, 0.717) is 17.2 Å². The van der Waals surface area contributed by atoms with Gasteiger partial charge in [0.25, 0.3) is 0 Å². The number of para-hydroxylation sites is 3. The Morgan fingerprint density at radius 3 is 2.69 bits per heavy atom. The molecule has 1 aliphatic heterocycles. The lowest BCUT2D eigenvalue weighted by atomic mass is 10.1. The number of anilines is 1. The predicted octanol–water partition coefficient (Wildman–Crippen LogP) is 4.85. The van der Waals surface area contributed by atoms with Gasteiger partial charge in [-0.3, -0.25) is 0 Å². The summed E-state index contributed by atoms with van der Waals surface area (Å²) < 4.78 is 7.83. The van der Waals surface area contributed by atoms with E-state index in [-0.39, 0.29) is 18.0 Å². The van der Waals surface area contributed by atoms with Crippen LogP contribution in [0.15, 0.2) is 54.6 Å². The first-order valence-corrected chi connectivity index (χ1v) is 9.94. The molecule has 2 heterocycles. The molecular formula is C22H25N5O2.